The second kappa shape index (κ2) is 6.49. The summed E-state index contributed by atoms with van der Waals surface area (Å²) in [6, 6.07) is 18.0. The fourth-order valence-corrected chi connectivity index (χ4v) is 1.97. The van der Waals surface area contributed by atoms with Crippen molar-refractivity contribution in [3.63, 3.8) is 0 Å². The predicted molar refractivity (Wildman–Crippen MR) is 83.0 cm³/mol. The van der Waals surface area contributed by atoms with Crippen LogP contribution < -0.4 is 5.32 Å². The van der Waals surface area contributed by atoms with Crippen LogP contribution in [-0.4, -0.2) is 26.1 Å². The number of nitriles is 1. The second-order valence-electron chi connectivity index (χ2n) is 4.75. The van der Waals surface area contributed by atoms with E-state index in [4.69, 9.17) is 5.26 Å². The highest BCUT2D eigenvalue weighted by Crippen LogP contribution is 2.12. The summed E-state index contributed by atoms with van der Waals surface area (Å²) in [5.41, 5.74) is 1.98. The van der Waals surface area contributed by atoms with Gasteiger partial charge in [-0.25, -0.2) is 0 Å². The van der Waals surface area contributed by atoms with Crippen molar-refractivity contribution in [1.82, 2.24) is 20.2 Å². The number of benzene rings is 2. The van der Waals surface area contributed by atoms with E-state index in [-0.39, 0.29) is 12.5 Å². The molecular weight excluding hydrogens is 292 g/mol. The predicted octanol–water partition coefficient (Wildman–Crippen LogP) is 1.85. The summed E-state index contributed by atoms with van der Waals surface area (Å²) in [5.74, 6) is 0.198. The van der Waals surface area contributed by atoms with E-state index in [0.29, 0.717) is 17.1 Å². The molecule has 1 N–H and O–H groups in total. The first-order valence-corrected chi connectivity index (χ1v) is 6.88. The lowest BCUT2D eigenvalue weighted by Crippen LogP contribution is -2.20. The quantitative estimate of drug-likeness (QED) is 0.793. The van der Waals surface area contributed by atoms with Gasteiger partial charge in [0.1, 0.15) is 6.54 Å². The van der Waals surface area contributed by atoms with Gasteiger partial charge in [-0.15, -0.1) is 10.2 Å². The normalized spacial score (nSPS) is 10.0. The van der Waals surface area contributed by atoms with E-state index in [9.17, 15) is 4.79 Å². The molecule has 0 spiro atoms. The molecule has 0 saturated heterocycles. The molecule has 0 radical (unpaired) electrons. The van der Waals surface area contributed by atoms with Crippen LogP contribution in [0.25, 0.3) is 11.4 Å². The van der Waals surface area contributed by atoms with E-state index in [2.05, 4.69) is 20.7 Å². The van der Waals surface area contributed by atoms with Crippen molar-refractivity contribution in [1.29, 1.82) is 5.26 Å². The van der Waals surface area contributed by atoms with E-state index in [1.165, 1.54) is 4.80 Å². The number of anilines is 1. The molecule has 0 unspecified atom stereocenters. The molecule has 7 nitrogen and oxygen atoms in total. The van der Waals surface area contributed by atoms with Gasteiger partial charge >= 0.3 is 0 Å². The minimum Gasteiger partial charge on any atom is -0.324 e. The summed E-state index contributed by atoms with van der Waals surface area (Å²) in [6.45, 7) is -0.0418. The first kappa shape index (κ1) is 14.4. The zero-order valence-corrected chi connectivity index (χ0v) is 12.0. The third-order valence-electron chi connectivity index (χ3n) is 3.07. The number of amides is 1. The lowest BCUT2D eigenvalue weighted by molar-refractivity contribution is -0.117. The Morgan fingerprint density at radius 2 is 1.87 bits per heavy atom. The van der Waals surface area contributed by atoms with Crippen LogP contribution in [0.3, 0.4) is 0 Å². The van der Waals surface area contributed by atoms with Crippen molar-refractivity contribution < 1.29 is 4.79 Å². The zero-order chi connectivity index (χ0) is 16.1. The van der Waals surface area contributed by atoms with E-state index in [0.717, 1.165) is 5.56 Å². The maximum absolute atomic E-state index is 12.0. The van der Waals surface area contributed by atoms with Crippen molar-refractivity contribution in [2.45, 2.75) is 6.54 Å². The Kier molecular flexibility index (Phi) is 4.07. The topological polar surface area (TPSA) is 96.5 Å². The molecular formula is C16H12N6O. The van der Waals surface area contributed by atoms with Crippen LogP contribution in [0.4, 0.5) is 5.69 Å². The molecule has 0 saturated carbocycles. The summed E-state index contributed by atoms with van der Waals surface area (Å²) in [6.07, 6.45) is 0. The van der Waals surface area contributed by atoms with Crippen LogP contribution >= 0.6 is 0 Å². The summed E-state index contributed by atoms with van der Waals surface area (Å²) in [7, 11) is 0. The smallest absolute Gasteiger partial charge is 0.248 e. The molecule has 3 aromatic rings. The average Bonchev–Trinajstić information content (AvgIpc) is 3.04. The van der Waals surface area contributed by atoms with Gasteiger partial charge in [0.05, 0.1) is 11.6 Å². The molecule has 7 heteroatoms. The van der Waals surface area contributed by atoms with Gasteiger partial charge < -0.3 is 5.32 Å². The van der Waals surface area contributed by atoms with Crippen LogP contribution in [0.5, 0.6) is 0 Å². The highest BCUT2D eigenvalue weighted by atomic mass is 16.2. The van der Waals surface area contributed by atoms with Crippen LogP contribution in [0.2, 0.25) is 0 Å². The molecule has 23 heavy (non-hydrogen) atoms. The van der Waals surface area contributed by atoms with Gasteiger partial charge in [-0.05, 0) is 29.5 Å². The maximum atomic E-state index is 12.0. The molecule has 112 valence electrons. The number of tetrazole rings is 1. The Labute approximate surface area is 132 Å². The first-order chi connectivity index (χ1) is 11.2. The van der Waals surface area contributed by atoms with Crippen LogP contribution in [0, 0.1) is 11.3 Å². The number of carbonyl (C=O) groups is 1. The SMILES string of the molecule is N#Cc1ccc(NC(=O)Cn2nnc(-c3ccccc3)n2)cc1. The van der Waals surface area contributed by atoms with Gasteiger partial charge in [-0.1, -0.05) is 30.3 Å². The Bertz CT molecular complexity index is 848. The molecule has 0 fully saturated rings. The van der Waals surface area contributed by atoms with Crippen LogP contribution in [0.15, 0.2) is 54.6 Å². The lowest BCUT2D eigenvalue weighted by Gasteiger charge is -2.04. The molecule has 0 aliphatic carbocycles. The summed E-state index contributed by atoms with van der Waals surface area (Å²) < 4.78 is 0. The van der Waals surface area contributed by atoms with Crippen molar-refractivity contribution in [3.05, 3.63) is 60.2 Å². The van der Waals surface area contributed by atoms with E-state index in [1.807, 2.05) is 36.4 Å². The van der Waals surface area contributed by atoms with Crippen LogP contribution in [-0.2, 0) is 11.3 Å². The number of hydrogen-bond donors (Lipinski definition) is 1. The molecule has 1 amide bonds. The van der Waals surface area contributed by atoms with Gasteiger partial charge in [0, 0.05) is 11.3 Å². The zero-order valence-electron chi connectivity index (χ0n) is 12.0. The van der Waals surface area contributed by atoms with Gasteiger partial charge in [0.15, 0.2) is 0 Å². The molecule has 0 aliphatic heterocycles. The van der Waals surface area contributed by atoms with E-state index >= 15 is 0 Å². The highest BCUT2D eigenvalue weighted by Gasteiger charge is 2.09. The van der Waals surface area contributed by atoms with E-state index in [1.54, 1.807) is 24.3 Å². The monoisotopic (exact) mass is 304 g/mol. The number of carbonyl (C=O) groups excluding carboxylic acids is 1. The Balaban J connectivity index is 1.64. The third-order valence-corrected chi connectivity index (χ3v) is 3.07. The van der Waals surface area contributed by atoms with Gasteiger partial charge in [-0.3, -0.25) is 4.79 Å². The molecule has 0 bridgehead atoms. The largest absolute Gasteiger partial charge is 0.324 e. The number of nitrogens with zero attached hydrogens (tertiary/aromatic N) is 5. The fourth-order valence-electron chi connectivity index (χ4n) is 1.97. The standard InChI is InChI=1S/C16H12N6O/c17-10-12-6-8-14(9-7-12)18-15(23)11-22-20-16(19-21-22)13-4-2-1-3-5-13/h1-9H,11H2,(H,18,23). The maximum Gasteiger partial charge on any atom is 0.248 e. The number of aromatic nitrogens is 4. The van der Waals surface area contributed by atoms with Gasteiger partial charge in [0.2, 0.25) is 11.7 Å². The minimum absolute atomic E-state index is 0.0418. The molecule has 3 rings (SSSR count). The highest BCUT2D eigenvalue weighted by molar-refractivity contribution is 5.90. The number of nitrogens with one attached hydrogen (secondary N) is 1. The van der Waals surface area contributed by atoms with Gasteiger partial charge in [-0.2, -0.15) is 10.1 Å². The molecule has 0 atom stereocenters. The van der Waals surface area contributed by atoms with Crippen molar-refractivity contribution in [2.24, 2.45) is 0 Å². The third kappa shape index (κ3) is 3.57. The Morgan fingerprint density at radius 3 is 2.57 bits per heavy atom. The molecule has 1 aromatic heterocycles. The first-order valence-electron chi connectivity index (χ1n) is 6.88. The summed E-state index contributed by atoms with van der Waals surface area (Å²) >= 11 is 0. The molecule has 2 aromatic carbocycles. The Hall–Kier alpha value is -3.53. The lowest BCUT2D eigenvalue weighted by atomic mass is 10.2. The van der Waals surface area contributed by atoms with Crippen molar-refractivity contribution in [3.8, 4) is 17.5 Å². The number of rotatable bonds is 4. The van der Waals surface area contributed by atoms with Crippen LogP contribution in [0.1, 0.15) is 5.56 Å². The van der Waals surface area contributed by atoms with E-state index < -0.39 is 0 Å². The minimum atomic E-state index is -0.272. The number of hydrogen-bond acceptors (Lipinski definition) is 5. The van der Waals surface area contributed by atoms with Gasteiger partial charge in [0.25, 0.3) is 0 Å². The second-order valence-corrected chi connectivity index (χ2v) is 4.75. The molecule has 1 heterocycles. The summed E-state index contributed by atoms with van der Waals surface area (Å²) in [5, 5.41) is 23.4. The fraction of sp³-hybridized carbons (Fsp3) is 0.0625. The average molecular weight is 304 g/mol. The van der Waals surface area contributed by atoms with Crippen molar-refractivity contribution in [2.75, 3.05) is 5.32 Å². The Morgan fingerprint density at radius 1 is 1.13 bits per heavy atom. The summed E-state index contributed by atoms with van der Waals surface area (Å²) in [4.78, 5) is 13.2. The molecule has 0 aliphatic rings. The van der Waals surface area contributed by atoms with Crippen molar-refractivity contribution >= 4 is 11.6 Å².